The number of hydrogen-bond donors (Lipinski definition) is 8. The number of carbonyl (C=O) groups is 1. The second-order valence-corrected chi connectivity index (χ2v) is 39.8. The summed E-state index contributed by atoms with van der Waals surface area (Å²) in [7, 11) is 0. The van der Waals surface area contributed by atoms with Gasteiger partial charge < -0.3 is 39.9 Å². The van der Waals surface area contributed by atoms with E-state index in [1.54, 1.807) is 24.3 Å². The van der Waals surface area contributed by atoms with Crippen LogP contribution >= 0.6 is 0 Å². The molecule has 29 rings (SSSR count). The molecular weight excluding hydrogens is 1810 g/mol. The Balaban J connectivity index is 0.000000965. The minimum absolute atomic E-state index is 0. The summed E-state index contributed by atoms with van der Waals surface area (Å²) in [6.07, 6.45) is 34.4. The molecule has 4 fully saturated rings. The molecule has 148 heavy (non-hydrogen) atoms. The van der Waals surface area contributed by atoms with Crippen molar-refractivity contribution in [3.63, 3.8) is 0 Å². The molecule has 0 unspecified atom stereocenters. The highest BCUT2D eigenvalue weighted by Gasteiger charge is 2.69. The van der Waals surface area contributed by atoms with Gasteiger partial charge in [-0.3, -0.25) is 4.79 Å². The van der Waals surface area contributed by atoms with Crippen LogP contribution in [0, 0.1) is 61.7 Å². The summed E-state index contributed by atoms with van der Waals surface area (Å²) in [5, 5.41) is 0. The molecule has 4 bridgehead atoms. The van der Waals surface area contributed by atoms with E-state index in [-0.39, 0.29) is 23.1 Å². The zero-order valence-corrected chi connectivity index (χ0v) is 79.8. The molecule has 17 nitrogen and oxygen atoms in total. The first-order valence-electron chi connectivity index (χ1n) is 49.3. The van der Waals surface area contributed by atoms with Crippen molar-refractivity contribution in [3.8, 4) is 197 Å². The van der Waals surface area contributed by atoms with Crippen LogP contribution in [0.1, 0.15) is 100 Å². The van der Waals surface area contributed by atoms with Gasteiger partial charge in [0.15, 0.2) is 0 Å². The topological polar surface area (TPSA) is 247 Å². The fraction of sp³-hybridized carbons (Fsp3) is 0.0763. The van der Waals surface area contributed by atoms with E-state index in [0.717, 1.165) is 297 Å². The molecule has 4 aliphatic rings. The van der Waals surface area contributed by atoms with E-state index < -0.39 is 0 Å². The van der Waals surface area contributed by atoms with E-state index in [1.165, 1.54) is 22.3 Å². The van der Waals surface area contributed by atoms with Gasteiger partial charge in [0.1, 0.15) is 52.9 Å². The number of nitrogens with one attached hydrogen (secondary N) is 8. The third-order valence-corrected chi connectivity index (χ3v) is 30.9. The molecule has 4 saturated carbocycles. The molecule has 8 N–H and O–H groups in total. The zero-order valence-electron chi connectivity index (χ0n) is 79.8. The average Bonchev–Trinajstić information content (AvgIpc) is 1.23. The molecule has 17 heteroatoms. The predicted molar refractivity (Wildman–Crippen MR) is 596 cm³/mol. The van der Waals surface area contributed by atoms with Crippen molar-refractivity contribution in [2.75, 3.05) is 0 Å². The van der Waals surface area contributed by atoms with Gasteiger partial charge in [-0.05, 0) is 285 Å². The van der Waals surface area contributed by atoms with Crippen LogP contribution in [0.4, 0.5) is 0 Å². The third kappa shape index (κ3) is 15.4. The monoisotopic (exact) mass is 1900 g/mol. The molecule has 0 spiro atoms. The first-order chi connectivity index (χ1) is 72.6. The lowest BCUT2D eigenvalue weighted by atomic mass is 9.32. The van der Waals surface area contributed by atoms with Gasteiger partial charge >= 0.3 is 0 Å². The van der Waals surface area contributed by atoms with Gasteiger partial charge in [0.05, 0.1) is 88.3 Å². The normalized spacial score (nSPS) is 16.6. The maximum Gasteiger partial charge on any atom is 0.150 e. The molecule has 0 radical (unpaired) electrons. The number of benzene rings is 17. The standard InChI is InChI=1S/C122H80N16.C9H6O.H2/c1-5-71-9-17-75(18-10-71)111-123-95-49-33-83(57-103(95)131-111)87-37-53-99-107(61-87)135-115(127-99)79-25-41-91(42-26-79)119-65-120(92-43-27-80(28-44-92)116-128-100-54-38-88(62-108(100)136-116)84-34-50-96-104(58-84)132-112(124-96)76-19-11-72(6-2)12-20-76)68-121(66-119,93-45-29-81(30-46-93)117-129-101-55-39-89(63-109(101)137-117)85-35-51-97-105(59-85)133-113(125-97)77-21-13-73(7-3)14-22-77)70-122(67-119,69-120)94-47-31-82(32-48-94)118-130-102-56-40-90(64-110(102)138-118)86-36-52-98-106(60-86)134-114(126-98)78-23-15-74(8-4)16-24-78;1-2-8-3-5-9(7-10)6-4-8;/h1-4,9-64H,65-70H2,(H,123,131)(H,124,132)(H,125,133)(H,126,134)(H,127,135)(H,128,136)(H,129,137)(H,130,138);1,3-7H;1H. The molecule has 0 aliphatic heterocycles. The second-order valence-electron chi connectivity index (χ2n) is 39.8. The van der Waals surface area contributed by atoms with Crippen LogP contribution < -0.4 is 0 Å². The van der Waals surface area contributed by atoms with E-state index >= 15 is 0 Å². The van der Waals surface area contributed by atoms with Gasteiger partial charge in [-0.1, -0.05) is 236 Å². The Morgan fingerprint density at radius 2 is 0.351 bits per heavy atom. The molecule has 25 aromatic rings. The first-order valence-corrected chi connectivity index (χ1v) is 49.3. The highest BCUT2D eigenvalue weighted by Crippen LogP contribution is 2.75. The SMILES string of the molecule is C#Cc1ccc(-c2nc3cc(-c4ccc5nc(-c6ccc(C78CC9(c%10ccc(-c%11nc%12ccc(-c%13ccc%14[nH]c(-c%15ccc(C#C)cc%15)nc%14c%13)cc%12[nH]%11)cc%10)CC(c%10ccc(-c%11nc%12ccc(-c%13ccc%14[nH]c(-c%15ccc(C#C)cc%15)nc%14c%13)cc%12[nH]%11)cc%10)(C7)CC(c7ccc(-c%10nc%11ccc(-c%12ccc%13[nH]c(-c%14ccc(C#C)cc%14)nc%13c%12)cc%11[nH]%10)cc7)(C8)C9)cc6)[nH]c5c4)ccc3[nH]2)cc1.C#Cc1ccc(C=O)cc1.[HH]. The van der Waals surface area contributed by atoms with Crippen molar-refractivity contribution in [2.24, 2.45) is 0 Å². The molecule has 8 aromatic heterocycles. The fourth-order valence-electron chi connectivity index (χ4n) is 23.9. The summed E-state index contributed by atoms with van der Waals surface area (Å²) in [5.74, 6) is 19.8. The molecule has 698 valence electrons. The smallest absolute Gasteiger partial charge is 0.150 e. The van der Waals surface area contributed by atoms with Crippen LogP contribution in [0.3, 0.4) is 0 Å². The van der Waals surface area contributed by atoms with Crippen molar-refractivity contribution in [2.45, 2.75) is 60.2 Å². The maximum absolute atomic E-state index is 10.2. The van der Waals surface area contributed by atoms with E-state index in [1.807, 2.05) is 97.1 Å². The van der Waals surface area contributed by atoms with E-state index in [0.29, 0.717) is 5.56 Å². The summed E-state index contributed by atoms with van der Waals surface area (Å²) >= 11 is 0. The highest BCUT2D eigenvalue weighted by atomic mass is 16.1. The summed E-state index contributed by atoms with van der Waals surface area (Å²) in [5.41, 5.74) is 40.1. The minimum atomic E-state index is -0.311. The number of nitrogens with zero attached hydrogens (tertiary/aromatic N) is 8. The van der Waals surface area contributed by atoms with Gasteiger partial charge in [-0.25, -0.2) is 39.9 Å². The minimum Gasteiger partial charge on any atom is -0.338 e. The summed E-state index contributed by atoms with van der Waals surface area (Å²) in [6, 6.07) is 128. The van der Waals surface area contributed by atoms with Crippen molar-refractivity contribution in [1.29, 1.82) is 0 Å². The largest absolute Gasteiger partial charge is 0.338 e. The fourth-order valence-corrected chi connectivity index (χ4v) is 23.9. The molecule has 0 saturated heterocycles. The molecule has 17 aromatic carbocycles. The Labute approximate surface area is 852 Å². The van der Waals surface area contributed by atoms with Crippen molar-refractivity contribution >= 4 is 94.6 Å². The van der Waals surface area contributed by atoms with Crippen LogP contribution in [0.25, 0.3) is 224 Å². The Bertz CT molecular complexity index is 8810. The van der Waals surface area contributed by atoms with Crippen LogP contribution in [0.15, 0.2) is 364 Å². The van der Waals surface area contributed by atoms with Gasteiger partial charge in [-0.15, -0.1) is 32.1 Å². The first kappa shape index (κ1) is 87.0. The number of terminal acetylenes is 5. The average molecular weight is 1900 g/mol. The van der Waals surface area contributed by atoms with Gasteiger partial charge in [-0.2, -0.15) is 0 Å². The molecule has 4 aliphatic carbocycles. The summed E-state index contributed by atoms with van der Waals surface area (Å²) in [4.78, 5) is 80.7. The van der Waals surface area contributed by atoms with Crippen molar-refractivity contribution in [1.82, 2.24) is 79.7 Å². The van der Waals surface area contributed by atoms with Crippen molar-refractivity contribution in [3.05, 3.63) is 420 Å². The van der Waals surface area contributed by atoms with Crippen LogP contribution in [0.5, 0.6) is 0 Å². The zero-order chi connectivity index (χ0) is 99.1. The number of imidazole rings is 8. The number of fused-ring (bicyclic) bond motifs is 8. The van der Waals surface area contributed by atoms with Crippen LogP contribution in [0.2, 0.25) is 0 Å². The Hall–Kier alpha value is -20.0. The Morgan fingerprint density at radius 1 is 0.189 bits per heavy atom. The predicted octanol–water partition coefficient (Wildman–Crippen LogP) is 28.8. The maximum atomic E-state index is 10.2. The van der Waals surface area contributed by atoms with E-state index in [4.69, 9.17) is 72.0 Å². The Kier molecular flexibility index (Phi) is 20.2. The lowest BCUT2D eigenvalue weighted by molar-refractivity contribution is -0.0691. The number of H-pyrrole nitrogens is 8. The van der Waals surface area contributed by atoms with E-state index in [2.05, 4.69) is 312 Å². The van der Waals surface area contributed by atoms with E-state index in [9.17, 15) is 4.79 Å². The highest BCUT2D eigenvalue weighted by molar-refractivity contribution is 5.95. The van der Waals surface area contributed by atoms with Gasteiger partial charge in [0.2, 0.25) is 0 Å². The molecule has 0 atom stereocenters. The number of aromatic nitrogens is 16. The number of carbonyl (C=O) groups excluding carboxylic acids is 1. The summed E-state index contributed by atoms with van der Waals surface area (Å²) in [6.45, 7) is 0. The summed E-state index contributed by atoms with van der Waals surface area (Å²) < 4.78 is 0. The second kappa shape index (κ2) is 34.4. The number of hydrogen-bond acceptors (Lipinski definition) is 9. The lowest BCUT2D eigenvalue weighted by Crippen LogP contribution is -2.67. The van der Waals surface area contributed by atoms with Crippen LogP contribution in [-0.4, -0.2) is 86.0 Å². The molecule has 0 amide bonds. The van der Waals surface area contributed by atoms with Crippen LogP contribution in [-0.2, 0) is 21.7 Å². The quantitative estimate of drug-likeness (QED) is 0.0319. The number of aromatic amines is 8. The number of aldehydes is 1. The Morgan fingerprint density at radius 3 is 0.547 bits per heavy atom. The molecule has 8 heterocycles. The van der Waals surface area contributed by atoms with Crippen molar-refractivity contribution < 1.29 is 6.22 Å². The lowest BCUT2D eigenvalue weighted by Gasteiger charge is -2.71. The van der Waals surface area contributed by atoms with Gasteiger partial charge in [0.25, 0.3) is 0 Å². The number of rotatable bonds is 17. The molecular formula is C131H88N16O. The third-order valence-electron chi connectivity index (χ3n) is 30.9. The van der Waals surface area contributed by atoms with Gasteiger partial charge in [0, 0.05) is 79.3 Å².